The monoisotopic (exact) mass is 410 g/mol. The summed E-state index contributed by atoms with van der Waals surface area (Å²) in [5.41, 5.74) is 2.45. The second kappa shape index (κ2) is 8.06. The summed E-state index contributed by atoms with van der Waals surface area (Å²) in [7, 11) is 0. The highest BCUT2D eigenvalue weighted by Gasteiger charge is 2.14. The molecule has 0 saturated heterocycles. The molecular formula is C17H20Br2N2. The SMILES string of the molecule is CC(C)NCC(Cc1ccc(Br)cn1)c1cccc(Br)c1. The summed E-state index contributed by atoms with van der Waals surface area (Å²) in [5, 5.41) is 3.54. The van der Waals surface area contributed by atoms with E-state index < -0.39 is 0 Å². The first-order chi connectivity index (χ1) is 10.0. The molecule has 21 heavy (non-hydrogen) atoms. The smallest absolute Gasteiger partial charge is 0.0413 e. The van der Waals surface area contributed by atoms with Crippen LogP contribution in [0, 0.1) is 0 Å². The van der Waals surface area contributed by atoms with Gasteiger partial charge in [-0.05, 0) is 52.2 Å². The summed E-state index contributed by atoms with van der Waals surface area (Å²) in [6, 6.07) is 13.2. The molecule has 1 N–H and O–H groups in total. The predicted octanol–water partition coefficient (Wildman–Crippen LogP) is 4.93. The molecule has 2 aromatic rings. The molecule has 2 nitrogen and oxygen atoms in total. The van der Waals surface area contributed by atoms with Gasteiger partial charge in [0.05, 0.1) is 0 Å². The lowest BCUT2D eigenvalue weighted by molar-refractivity contribution is 0.524. The zero-order valence-electron chi connectivity index (χ0n) is 12.3. The van der Waals surface area contributed by atoms with Crippen molar-refractivity contribution in [3.05, 3.63) is 62.8 Å². The predicted molar refractivity (Wildman–Crippen MR) is 95.7 cm³/mol. The summed E-state index contributed by atoms with van der Waals surface area (Å²) in [5.74, 6) is 0.415. The first kappa shape index (κ1) is 16.7. The van der Waals surface area contributed by atoms with Crippen molar-refractivity contribution in [2.45, 2.75) is 32.2 Å². The molecule has 112 valence electrons. The van der Waals surface area contributed by atoms with E-state index in [0.29, 0.717) is 12.0 Å². The molecule has 0 aliphatic carbocycles. The van der Waals surface area contributed by atoms with Gasteiger partial charge in [0.1, 0.15) is 0 Å². The van der Waals surface area contributed by atoms with Crippen LogP contribution in [0.15, 0.2) is 51.5 Å². The van der Waals surface area contributed by atoms with Crippen molar-refractivity contribution in [1.29, 1.82) is 0 Å². The standard InChI is InChI=1S/C17H20Br2N2/c1-12(2)20-10-14(13-4-3-5-15(18)8-13)9-17-7-6-16(19)11-21-17/h3-8,11-12,14,20H,9-10H2,1-2H3. The number of rotatable bonds is 6. The number of halogens is 2. The van der Waals surface area contributed by atoms with Crippen molar-refractivity contribution in [2.75, 3.05) is 6.54 Å². The average Bonchev–Trinajstić information content (AvgIpc) is 2.45. The largest absolute Gasteiger partial charge is 0.314 e. The van der Waals surface area contributed by atoms with Crippen molar-refractivity contribution in [3.8, 4) is 0 Å². The third-order valence-electron chi connectivity index (χ3n) is 3.34. The van der Waals surface area contributed by atoms with Gasteiger partial charge < -0.3 is 5.32 Å². The van der Waals surface area contributed by atoms with Crippen molar-refractivity contribution in [3.63, 3.8) is 0 Å². The summed E-state index contributed by atoms with van der Waals surface area (Å²) in [4.78, 5) is 4.51. The zero-order chi connectivity index (χ0) is 15.2. The van der Waals surface area contributed by atoms with E-state index >= 15 is 0 Å². The number of hydrogen-bond donors (Lipinski definition) is 1. The highest BCUT2D eigenvalue weighted by Crippen LogP contribution is 2.23. The Morgan fingerprint density at radius 3 is 2.52 bits per heavy atom. The maximum atomic E-state index is 4.51. The fourth-order valence-electron chi connectivity index (χ4n) is 2.23. The van der Waals surface area contributed by atoms with Gasteiger partial charge in [-0.15, -0.1) is 0 Å². The maximum Gasteiger partial charge on any atom is 0.0413 e. The Kier molecular flexibility index (Phi) is 6.40. The number of hydrogen-bond acceptors (Lipinski definition) is 2. The summed E-state index contributed by atoms with van der Waals surface area (Å²) < 4.78 is 2.14. The topological polar surface area (TPSA) is 24.9 Å². The number of nitrogens with zero attached hydrogens (tertiary/aromatic N) is 1. The van der Waals surface area contributed by atoms with Crippen molar-refractivity contribution < 1.29 is 0 Å². The fraction of sp³-hybridized carbons (Fsp3) is 0.353. The molecule has 0 aliphatic rings. The highest BCUT2D eigenvalue weighted by atomic mass is 79.9. The fourth-order valence-corrected chi connectivity index (χ4v) is 2.88. The zero-order valence-corrected chi connectivity index (χ0v) is 15.5. The first-order valence-corrected chi connectivity index (χ1v) is 8.72. The lowest BCUT2D eigenvalue weighted by Gasteiger charge is -2.20. The minimum atomic E-state index is 0.415. The number of nitrogens with one attached hydrogen (secondary N) is 1. The molecule has 4 heteroatoms. The minimum absolute atomic E-state index is 0.415. The molecule has 1 aromatic heterocycles. The number of benzene rings is 1. The number of pyridine rings is 1. The van der Waals surface area contributed by atoms with Crippen LogP contribution in [0.4, 0.5) is 0 Å². The van der Waals surface area contributed by atoms with Crippen LogP contribution in [0.5, 0.6) is 0 Å². The van der Waals surface area contributed by atoms with Gasteiger partial charge in [-0.1, -0.05) is 41.9 Å². The van der Waals surface area contributed by atoms with E-state index in [2.05, 4.69) is 92.4 Å². The number of aromatic nitrogens is 1. The molecule has 0 amide bonds. The Hall–Kier alpha value is -0.710. The van der Waals surface area contributed by atoms with Gasteiger partial charge in [0, 0.05) is 39.3 Å². The third-order valence-corrected chi connectivity index (χ3v) is 4.30. The normalized spacial score (nSPS) is 12.6. The molecule has 0 saturated carbocycles. The minimum Gasteiger partial charge on any atom is -0.314 e. The molecule has 1 heterocycles. The van der Waals surface area contributed by atoms with Crippen molar-refractivity contribution in [2.24, 2.45) is 0 Å². The van der Waals surface area contributed by atoms with E-state index in [9.17, 15) is 0 Å². The molecule has 0 fully saturated rings. The molecule has 2 rings (SSSR count). The molecule has 1 aromatic carbocycles. The van der Waals surface area contributed by atoms with Gasteiger partial charge in [-0.2, -0.15) is 0 Å². The van der Waals surface area contributed by atoms with Crippen LogP contribution >= 0.6 is 31.9 Å². The molecule has 0 bridgehead atoms. The second-order valence-corrected chi connectivity index (χ2v) is 7.32. The van der Waals surface area contributed by atoms with Gasteiger partial charge >= 0.3 is 0 Å². The van der Waals surface area contributed by atoms with Crippen LogP contribution in [0.25, 0.3) is 0 Å². The lowest BCUT2D eigenvalue weighted by atomic mass is 9.93. The molecule has 1 unspecified atom stereocenters. The van der Waals surface area contributed by atoms with E-state index in [1.54, 1.807) is 0 Å². The molecule has 0 radical (unpaired) electrons. The van der Waals surface area contributed by atoms with Crippen LogP contribution in [-0.2, 0) is 6.42 Å². The first-order valence-electron chi connectivity index (χ1n) is 7.14. The third kappa shape index (κ3) is 5.53. The lowest BCUT2D eigenvalue weighted by Crippen LogP contribution is -2.29. The van der Waals surface area contributed by atoms with Crippen LogP contribution in [0.1, 0.15) is 31.0 Å². The van der Waals surface area contributed by atoms with Crippen LogP contribution in [0.3, 0.4) is 0 Å². The van der Waals surface area contributed by atoms with E-state index in [0.717, 1.165) is 27.6 Å². The van der Waals surface area contributed by atoms with Crippen molar-refractivity contribution in [1.82, 2.24) is 10.3 Å². The Morgan fingerprint density at radius 1 is 1.10 bits per heavy atom. The molecular weight excluding hydrogens is 392 g/mol. The summed E-state index contributed by atoms with van der Waals surface area (Å²) >= 11 is 7.00. The highest BCUT2D eigenvalue weighted by molar-refractivity contribution is 9.10. The quantitative estimate of drug-likeness (QED) is 0.728. The van der Waals surface area contributed by atoms with E-state index in [4.69, 9.17) is 0 Å². The Balaban J connectivity index is 2.17. The van der Waals surface area contributed by atoms with Gasteiger partial charge in [0.2, 0.25) is 0 Å². The second-order valence-electron chi connectivity index (χ2n) is 5.49. The molecule has 1 atom stereocenters. The Morgan fingerprint density at radius 2 is 1.90 bits per heavy atom. The van der Waals surface area contributed by atoms with E-state index in [1.807, 2.05) is 6.20 Å². The molecule has 0 spiro atoms. The van der Waals surface area contributed by atoms with E-state index in [-0.39, 0.29) is 0 Å². The van der Waals surface area contributed by atoms with E-state index in [1.165, 1.54) is 5.56 Å². The van der Waals surface area contributed by atoms with Gasteiger partial charge in [-0.3, -0.25) is 4.98 Å². The Labute approximate surface area is 143 Å². The van der Waals surface area contributed by atoms with Crippen LogP contribution < -0.4 is 5.32 Å². The van der Waals surface area contributed by atoms with Crippen molar-refractivity contribution >= 4 is 31.9 Å². The maximum absolute atomic E-state index is 4.51. The summed E-state index contributed by atoms with van der Waals surface area (Å²) in [6.45, 7) is 5.30. The molecule has 0 aliphatic heterocycles. The Bertz CT molecular complexity index is 567. The van der Waals surface area contributed by atoms with Crippen LogP contribution in [-0.4, -0.2) is 17.6 Å². The van der Waals surface area contributed by atoms with Gasteiger partial charge in [0.25, 0.3) is 0 Å². The van der Waals surface area contributed by atoms with Gasteiger partial charge in [-0.25, -0.2) is 0 Å². The van der Waals surface area contributed by atoms with Gasteiger partial charge in [0.15, 0.2) is 0 Å². The summed E-state index contributed by atoms with van der Waals surface area (Å²) in [6.07, 6.45) is 2.80. The average molecular weight is 412 g/mol. The van der Waals surface area contributed by atoms with Crippen LogP contribution in [0.2, 0.25) is 0 Å².